The number of nitrogens with zero attached hydrogens (tertiary/aromatic N) is 2. The molecule has 0 spiro atoms. The molecule has 0 bridgehead atoms. The van der Waals surface area contributed by atoms with Crippen LogP contribution in [0.3, 0.4) is 0 Å². The van der Waals surface area contributed by atoms with Gasteiger partial charge < -0.3 is 15.2 Å². The predicted octanol–water partition coefficient (Wildman–Crippen LogP) is 4.37. The highest BCUT2D eigenvalue weighted by Gasteiger charge is 2.13. The summed E-state index contributed by atoms with van der Waals surface area (Å²) in [6.45, 7) is 0.996. The summed E-state index contributed by atoms with van der Waals surface area (Å²) in [4.78, 5) is 14.4. The molecule has 0 radical (unpaired) electrons. The third-order valence-corrected chi connectivity index (χ3v) is 5.29. The molecule has 0 saturated heterocycles. The van der Waals surface area contributed by atoms with Crippen LogP contribution in [0.25, 0.3) is 0 Å². The maximum Gasteiger partial charge on any atom is 0.269 e. The molecule has 2 aromatic rings. The number of nitro groups is 1. The zero-order valence-electron chi connectivity index (χ0n) is 13.2. The fourth-order valence-electron chi connectivity index (χ4n) is 2.01. The minimum Gasteiger partial charge on any atom is -0.504 e. The first kappa shape index (κ1) is 19.2. The number of aromatic hydroxyl groups is 1. The second-order valence-corrected chi connectivity index (χ2v) is 6.55. The largest absolute Gasteiger partial charge is 0.504 e. The van der Waals surface area contributed by atoms with Crippen molar-refractivity contribution in [3.63, 3.8) is 0 Å². The first-order chi connectivity index (χ1) is 11.9. The molecule has 2 N–H and O–H groups in total. The molecule has 0 amide bonds. The van der Waals surface area contributed by atoms with Crippen molar-refractivity contribution in [1.29, 1.82) is 0 Å². The molecular formula is C16H15Br2N3O4. The number of rotatable bonds is 7. The van der Waals surface area contributed by atoms with Gasteiger partial charge in [-0.1, -0.05) is 0 Å². The fraction of sp³-hybridized carbons (Fsp3) is 0.188. The van der Waals surface area contributed by atoms with E-state index in [-0.39, 0.29) is 11.4 Å². The topological polar surface area (TPSA) is 97.0 Å². The molecular weight excluding hydrogens is 458 g/mol. The van der Waals surface area contributed by atoms with Crippen LogP contribution in [0.2, 0.25) is 0 Å². The van der Waals surface area contributed by atoms with Gasteiger partial charge in [0.1, 0.15) is 0 Å². The average Bonchev–Trinajstić information content (AvgIpc) is 2.60. The Morgan fingerprint density at radius 3 is 2.64 bits per heavy atom. The average molecular weight is 473 g/mol. The summed E-state index contributed by atoms with van der Waals surface area (Å²) in [6.07, 6.45) is 1.56. The predicted molar refractivity (Wildman–Crippen MR) is 104 cm³/mol. The number of phenolic OH excluding ortho intramolecular Hbond substituents is 1. The Bertz CT molecular complexity index is 795. The van der Waals surface area contributed by atoms with Crippen molar-refractivity contribution in [1.82, 2.24) is 0 Å². The third-order valence-electron chi connectivity index (χ3n) is 3.28. The van der Waals surface area contributed by atoms with E-state index in [1.165, 1.54) is 19.2 Å². The van der Waals surface area contributed by atoms with Crippen molar-refractivity contribution in [2.24, 2.45) is 4.99 Å². The van der Waals surface area contributed by atoms with Crippen LogP contribution in [0.4, 0.5) is 11.4 Å². The van der Waals surface area contributed by atoms with Crippen LogP contribution in [-0.4, -0.2) is 36.4 Å². The smallest absolute Gasteiger partial charge is 0.269 e. The summed E-state index contributed by atoms with van der Waals surface area (Å²) in [5.74, 6) is 0.352. The Morgan fingerprint density at radius 1 is 1.36 bits per heavy atom. The number of benzene rings is 2. The van der Waals surface area contributed by atoms with E-state index in [0.717, 1.165) is 10.2 Å². The summed E-state index contributed by atoms with van der Waals surface area (Å²) in [5, 5.41) is 23.9. The van der Waals surface area contributed by atoms with E-state index < -0.39 is 4.92 Å². The van der Waals surface area contributed by atoms with Crippen molar-refractivity contribution < 1.29 is 14.8 Å². The van der Waals surface area contributed by atoms with E-state index in [2.05, 4.69) is 42.2 Å². The molecule has 0 fully saturated rings. The lowest BCUT2D eigenvalue weighted by atomic mass is 10.2. The number of halogens is 2. The molecule has 2 rings (SSSR count). The molecule has 0 aromatic heterocycles. The molecule has 0 aliphatic rings. The summed E-state index contributed by atoms with van der Waals surface area (Å²) in [5.41, 5.74) is 1.34. The van der Waals surface area contributed by atoms with Crippen molar-refractivity contribution in [3.05, 3.63) is 55.0 Å². The number of anilines is 1. The van der Waals surface area contributed by atoms with Crippen molar-refractivity contribution >= 4 is 49.4 Å². The highest BCUT2D eigenvalue weighted by atomic mass is 79.9. The number of hydrogen-bond acceptors (Lipinski definition) is 6. The van der Waals surface area contributed by atoms with E-state index >= 15 is 0 Å². The number of nitrogens with one attached hydrogen (secondary N) is 1. The van der Waals surface area contributed by atoms with Gasteiger partial charge in [-0.25, -0.2) is 0 Å². The number of phenols is 1. The minimum absolute atomic E-state index is 0.00431. The van der Waals surface area contributed by atoms with Crippen LogP contribution in [0.15, 0.2) is 44.3 Å². The van der Waals surface area contributed by atoms with Gasteiger partial charge in [0.05, 0.1) is 24.1 Å². The number of hydrogen-bond donors (Lipinski definition) is 2. The number of methoxy groups -OCH3 is 1. The molecule has 0 atom stereocenters. The normalized spacial score (nSPS) is 10.8. The molecule has 25 heavy (non-hydrogen) atoms. The van der Waals surface area contributed by atoms with Crippen LogP contribution in [-0.2, 0) is 0 Å². The second-order valence-electron chi connectivity index (χ2n) is 4.90. The van der Waals surface area contributed by atoms with E-state index in [1.807, 2.05) is 0 Å². The van der Waals surface area contributed by atoms with Gasteiger partial charge in [-0.2, -0.15) is 0 Å². The molecule has 7 nitrogen and oxygen atoms in total. The maximum atomic E-state index is 10.6. The van der Waals surface area contributed by atoms with Gasteiger partial charge in [0.25, 0.3) is 5.69 Å². The number of non-ortho nitro benzene ring substituents is 1. The van der Waals surface area contributed by atoms with Crippen LogP contribution in [0.1, 0.15) is 5.56 Å². The first-order valence-corrected chi connectivity index (χ1v) is 8.75. The summed E-state index contributed by atoms with van der Waals surface area (Å²) >= 11 is 6.78. The molecule has 0 unspecified atom stereocenters. The molecule has 0 saturated carbocycles. The summed E-state index contributed by atoms with van der Waals surface area (Å²) in [7, 11) is 1.48. The van der Waals surface area contributed by atoms with Crippen LogP contribution in [0.5, 0.6) is 11.5 Å². The molecule has 2 aromatic carbocycles. The Labute approximate surface area is 161 Å². The Balaban J connectivity index is 1.96. The van der Waals surface area contributed by atoms with Gasteiger partial charge in [-0.3, -0.25) is 15.1 Å². The van der Waals surface area contributed by atoms with Crippen molar-refractivity contribution in [2.75, 3.05) is 25.5 Å². The standard InChI is InChI=1S/C16H15Br2N3O4/c1-25-14-8-13(17)15(18)12(16(14)22)9-19-6-7-20-10-2-4-11(5-3-10)21(23)24/h2-5,8-9,20,22H,6-7H2,1H3. The Kier molecular flexibility index (Phi) is 6.77. The Morgan fingerprint density at radius 2 is 2.04 bits per heavy atom. The van der Waals surface area contributed by atoms with Crippen molar-refractivity contribution in [2.45, 2.75) is 0 Å². The van der Waals surface area contributed by atoms with Crippen molar-refractivity contribution in [3.8, 4) is 11.5 Å². The molecule has 0 aliphatic heterocycles. The summed E-state index contributed by atoms with van der Waals surface area (Å²) in [6, 6.07) is 7.82. The van der Waals surface area contributed by atoms with Gasteiger partial charge in [0.2, 0.25) is 0 Å². The highest BCUT2D eigenvalue weighted by molar-refractivity contribution is 9.13. The number of aliphatic imine (C=N–C) groups is 1. The monoisotopic (exact) mass is 471 g/mol. The second kappa shape index (κ2) is 8.82. The van der Waals surface area contributed by atoms with Gasteiger partial charge in [0, 0.05) is 39.5 Å². The highest BCUT2D eigenvalue weighted by Crippen LogP contribution is 2.39. The molecule has 0 aliphatic carbocycles. The molecule has 132 valence electrons. The fourth-order valence-corrected chi connectivity index (χ4v) is 2.83. The lowest BCUT2D eigenvalue weighted by Crippen LogP contribution is -2.05. The quantitative estimate of drug-likeness (QED) is 0.270. The van der Waals surface area contributed by atoms with Gasteiger partial charge in [-0.05, 0) is 50.1 Å². The molecule has 9 heteroatoms. The van der Waals surface area contributed by atoms with Crippen LogP contribution < -0.4 is 10.1 Å². The number of nitro benzene ring substituents is 1. The lowest BCUT2D eigenvalue weighted by molar-refractivity contribution is -0.384. The summed E-state index contributed by atoms with van der Waals surface area (Å²) < 4.78 is 6.53. The van der Waals surface area contributed by atoms with Crippen LogP contribution in [0, 0.1) is 10.1 Å². The molecule has 0 heterocycles. The van der Waals surface area contributed by atoms with E-state index in [0.29, 0.717) is 28.9 Å². The zero-order chi connectivity index (χ0) is 18.4. The first-order valence-electron chi connectivity index (χ1n) is 7.17. The maximum absolute atomic E-state index is 10.6. The van der Waals surface area contributed by atoms with Gasteiger partial charge >= 0.3 is 0 Å². The zero-order valence-corrected chi connectivity index (χ0v) is 16.4. The Hall–Kier alpha value is -2.13. The van der Waals surface area contributed by atoms with Crippen LogP contribution >= 0.6 is 31.9 Å². The number of ether oxygens (including phenoxy) is 1. The lowest BCUT2D eigenvalue weighted by Gasteiger charge is -2.10. The van der Waals surface area contributed by atoms with Gasteiger partial charge in [-0.15, -0.1) is 0 Å². The van der Waals surface area contributed by atoms with E-state index in [1.54, 1.807) is 24.4 Å². The third kappa shape index (κ3) is 4.93. The minimum atomic E-state index is -0.440. The van der Waals surface area contributed by atoms with E-state index in [4.69, 9.17) is 4.74 Å². The van der Waals surface area contributed by atoms with E-state index in [9.17, 15) is 15.2 Å². The van der Waals surface area contributed by atoms with Gasteiger partial charge in [0.15, 0.2) is 11.5 Å². The SMILES string of the molecule is COc1cc(Br)c(Br)c(C=NCCNc2ccc([N+](=O)[O-])cc2)c1O.